The third-order valence-electron chi connectivity index (χ3n) is 5.27. The van der Waals surface area contributed by atoms with Gasteiger partial charge in [0.15, 0.2) is 0 Å². The molecule has 1 aromatic rings. The maximum absolute atomic E-state index is 6.79. The Morgan fingerprint density at radius 2 is 1.68 bits per heavy atom. The minimum Gasteiger partial charge on any atom is -0.325 e. The van der Waals surface area contributed by atoms with Gasteiger partial charge in [0, 0.05) is 5.54 Å². The molecule has 0 aromatic heterocycles. The van der Waals surface area contributed by atoms with Crippen LogP contribution in [0.5, 0.6) is 0 Å². The Morgan fingerprint density at radius 1 is 1.05 bits per heavy atom. The molecule has 2 rings (SSSR count). The summed E-state index contributed by atoms with van der Waals surface area (Å²) in [5.74, 6) is 1.66. The van der Waals surface area contributed by atoms with E-state index in [0.717, 1.165) is 18.8 Å². The first kappa shape index (κ1) is 14.6. The topological polar surface area (TPSA) is 26.0 Å². The van der Waals surface area contributed by atoms with Crippen molar-refractivity contribution in [1.82, 2.24) is 0 Å². The highest BCUT2D eigenvalue weighted by Gasteiger charge is 2.35. The number of hydrogen-bond donors (Lipinski definition) is 1. The van der Waals surface area contributed by atoms with Gasteiger partial charge in [0.05, 0.1) is 0 Å². The fraction of sp³-hybridized carbons (Fsp3) is 0.667. The van der Waals surface area contributed by atoms with Gasteiger partial charge in [0.1, 0.15) is 0 Å². The second-order valence-electron chi connectivity index (χ2n) is 6.37. The predicted molar refractivity (Wildman–Crippen MR) is 83.1 cm³/mol. The Morgan fingerprint density at radius 3 is 2.21 bits per heavy atom. The van der Waals surface area contributed by atoms with Crippen LogP contribution in [0.15, 0.2) is 30.3 Å². The van der Waals surface area contributed by atoms with Gasteiger partial charge in [-0.2, -0.15) is 0 Å². The second-order valence-corrected chi connectivity index (χ2v) is 6.37. The molecule has 1 aliphatic carbocycles. The van der Waals surface area contributed by atoms with Gasteiger partial charge >= 0.3 is 0 Å². The molecule has 0 bridgehead atoms. The molecule has 0 spiro atoms. The van der Waals surface area contributed by atoms with Gasteiger partial charge in [-0.05, 0) is 43.1 Å². The first-order valence-electron chi connectivity index (χ1n) is 8.00. The summed E-state index contributed by atoms with van der Waals surface area (Å²) in [6.45, 7) is 4.58. The molecule has 0 radical (unpaired) electrons. The second kappa shape index (κ2) is 6.56. The summed E-state index contributed by atoms with van der Waals surface area (Å²) in [6.07, 6.45) is 8.89. The van der Waals surface area contributed by atoms with Crippen LogP contribution >= 0.6 is 0 Å². The van der Waals surface area contributed by atoms with E-state index in [0.29, 0.717) is 5.92 Å². The number of nitrogens with two attached hydrogens (primary N) is 1. The van der Waals surface area contributed by atoms with Crippen molar-refractivity contribution < 1.29 is 0 Å². The molecule has 0 saturated heterocycles. The number of hydrogen-bond acceptors (Lipinski definition) is 1. The third kappa shape index (κ3) is 3.60. The van der Waals surface area contributed by atoms with Crippen molar-refractivity contribution in [2.24, 2.45) is 17.6 Å². The monoisotopic (exact) mass is 259 g/mol. The van der Waals surface area contributed by atoms with E-state index in [4.69, 9.17) is 5.73 Å². The average molecular weight is 259 g/mol. The van der Waals surface area contributed by atoms with Gasteiger partial charge in [0.2, 0.25) is 0 Å². The van der Waals surface area contributed by atoms with E-state index in [-0.39, 0.29) is 5.54 Å². The molecule has 1 heteroatoms. The highest BCUT2D eigenvalue weighted by Crippen LogP contribution is 2.38. The van der Waals surface area contributed by atoms with E-state index < -0.39 is 0 Å². The molecule has 1 unspecified atom stereocenters. The van der Waals surface area contributed by atoms with Crippen molar-refractivity contribution in [2.45, 2.75) is 64.3 Å². The van der Waals surface area contributed by atoms with Gasteiger partial charge in [-0.1, -0.05) is 63.4 Å². The minimum atomic E-state index is 0.0000642. The molecule has 2 N–H and O–H groups in total. The highest BCUT2D eigenvalue weighted by atomic mass is 14.8. The van der Waals surface area contributed by atoms with Gasteiger partial charge in [-0.15, -0.1) is 0 Å². The zero-order valence-electron chi connectivity index (χ0n) is 12.6. The van der Waals surface area contributed by atoms with Crippen LogP contribution < -0.4 is 5.73 Å². The first-order valence-corrected chi connectivity index (χ1v) is 8.00. The molecule has 0 aliphatic heterocycles. The third-order valence-corrected chi connectivity index (χ3v) is 5.27. The van der Waals surface area contributed by atoms with E-state index in [1.165, 1.54) is 37.7 Å². The summed E-state index contributed by atoms with van der Waals surface area (Å²) in [5, 5.41) is 0. The Labute approximate surface area is 118 Å². The maximum atomic E-state index is 6.79. The lowest BCUT2D eigenvalue weighted by molar-refractivity contribution is 0.164. The lowest BCUT2D eigenvalue weighted by Gasteiger charge is -2.41. The summed E-state index contributed by atoms with van der Waals surface area (Å²) in [5.41, 5.74) is 8.18. The van der Waals surface area contributed by atoms with Crippen molar-refractivity contribution >= 4 is 0 Å². The molecule has 0 heterocycles. The summed E-state index contributed by atoms with van der Waals surface area (Å²) < 4.78 is 0. The molecular formula is C18H29N. The molecule has 1 saturated carbocycles. The van der Waals surface area contributed by atoms with Gasteiger partial charge in [-0.25, -0.2) is 0 Å². The SMILES string of the molecule is CCC1CCC(C(N)(CC)Cc2ccccc2)CC1. The molecule has 19 heavy (non-hydrogen) atoms. The van der Waals surface area contributed by atoms with Crippen LogP contribution in [0.4, 0.5) is 0 Å². The van der Waals surface area contributed by atoms with E-state index in [2.05, 4.69) is 44.2 Å². The van der Waals surface area contributed by atoms with Crippen molar-refractivity contribution in [2.75, 3.05) is 0 Å². The van der Waals surface area contributed by atoms with Crippen molar-refractivity contribution in [3.8, 4) is 0 Å². The van der Waals surface area contributed by atoms with Crippen LogP contribution in [-0.4, -0.2) is 5.54 Å². The molecule has 0 amide bonds. The van der Waals surface area contributed by atoms with Crippen LogP contribution in [0.3, 0.4) is 0 Å². The Balaban J connectivity index is 2.02. The highest BCUT2D eigenvalue weighted by molar-refractivity contribution is 5.18. The van der Waals surface area contributed by atoms with Gasteiger partial charge < -0.3 is 5.73 Å². The lowest BCUT2D eigenvalue weighted by Crippen LogP contribution is -2.49. The van der Waals surface area contributed by atoms with E-state index >= 15 is 0 Å². The molecule has 1 aromatic carbocycles. The quantitative estimate of drug-likeness (QED) is 0.824. The van der Waals surface area contributed by atoms with E-state index in [1.54, 1.807) is 0 Å². The number of benzene rings is 1. The molecular weight excluding hydrogens is 230 g/mol. The van der Waals surface area contributed by atoms with E-state index in [9.17, 15) is 0 Å². The zero-order chi connectivity index (χ0) is 13.7. The van der Waals surface area contributed by atoms with Gasteiger partial charge in [0.25, 0.3) is 0 Å². The Kier molecular flexibility index (Phi) is 5.04. The molecule has 106 valence electrons. The normalized spacial score (nSPS) is 26.9. The van der Waals surface area contributed by atoms with Crippen molar-refractivity contribution in [3.05, 3.63) is 35.9 Å². The van der Waals surface area contributed by atoms with Crippen LogP contribution in [0.1, 0.15) is 57.9 Å². The summed E-state index contributed by atoms with van der Waals surface area (Å²) in [6, 6.07) is 10.8. The average Bonchev–Trinajstić information content (AvgIpc) is 2.48. The smallest absolute Gasteiger partial charge is 0.0221 e. The predicted octanol–water partition coefficient (Wildman–Crippen LogP) is 4.55. The largest absolute Gasteiger partial charge is 0.325 e. The standard InChI is InChI=1S/C18H29N/c1-3-15-10-12-17(13-11-15)18(19,4-2)14-16-8-6-5-7-9-16/h5-9,15,17H,3-4,10-14,19H2,1-2H3. The minimum absolute atomic E-state index is 0.0000642. The summed E-state index contributed by atoms with van der Waals surface area (Å²) >= 11 is 0. The maximum Gasteiger partial charge on any atom is 0.0221 e. The molecule has 1 fully saturated rings. The first-order chi connectivity index (χ1) is 9.18. The van der Waals surface area contributed by atoms with Gasteiger partial charge in [-0.3, -0.25) is 0 Å². The summed E-state index contributed by atoms with van der Waals surface area (Å²) in [4.78, 5) is 0. The summed E-state index contributed by atoms with van der Waals surface area (Å²) in [7, 11) is 0. The molecule has 1 aliphatic rings. The number of rotatable bonds is 5. The Hall–Kier alpha value is -0.820. The lowest BCUT2D eigenvalue weighted by atomic mass is 9.68. The van der Waals surface area contributed by atoms with Crippen molar-refractivity contribution in [3.63, 3.8) is 0 Å². The zero-order valence-corrected chi connectivity index (χ0v) is 12.6. The molecule has 1 atom stereocenters. The van der Waals surface area contributed by atoms with E-state index in [1.807, 2.05) is 0 Å². The Bertz CT molecular complexity index is 365. The molecule has 1 nitrogen and oxygen atoms in total. The van der Waals surface area contributed by atoms with Crippen LogP contribution in [0, 0.1) is 11.8 Å². The van der Waals surface area contributed by atoms with Crippen LogP contribution in [0.2, 0.25) is 0 Å². The van der Waals surface area contributed by atoms with Crippen LogP contribution in [0.25, 0.3) is 0 Å². The fourth-order valence-corrected chi connectivity index (χ4v) is 3.68. The van der Waals surface area contributed by atoms with Crippen LogP contribution in [-0.2, 0) is 6.42 Å². The fourth-order valence-electron chi connectivity index (χ4n) is 3.68. The van der Waals surface area contributed by atoms with Crippen molar-refractivity contribution in [1.29, 1.82) is 0 Å².